The summed E-state index contributed by atoms with van der Waals surface area (Å²) in [6.45, 7) is 8.26. The molecule has 2 nitrogen and oxygen atoms in total. The van der Waals surface area contributed by atoms with Crippen LogP contribution in [0.15, 0.2) is 30.3 Å². The SMILES string of the molecule is CC[C@H](C(=O)NC(C)(C)CC)c1ccccc1. The van der Waals surface area contributed by atoms with Crippen molar-refractivity contribution < 1.29 is 4.79 Å². The van der Waals surface area contributed by atoms with Crippen molar-refractivity contribution in [1.82, 2.24) is 5.32 Å². The Morgan fingerprint density at radius 2 is 1.82 bits per heavy atom. The number of nitrogens with one attached hydrogen (secondary N) is 1. The molecule has 1 rings (SSSR count). The molecule has 0 bridgehead atoms. The zero-order valence-electron chi connectivity index (χ0n) is 11.3. The van der Waals surface area contributed by atoms with Crippen LogP contribution in [0.3, 0.4) is 0 Å². The van der Waals surface area contributed by atoms with Crippen LogP contribution < -0.4 is 5.32 Å². The van der Waals surface area contributed by atoms with Crippen LogP contribution in [0.2, 0.25) is 0 Å². The Morgan fingerprint density at radius 3 is 2.29 bits per heavy atom. The molecule has 0 aliphatic heterocycles. The van der Waals surface area contributed by atoms with Gasteiger partial charge >= 0.3 is 0 Å². The Bertz CT molecular complexity index is 356. The fraction of sp³-hybridized carbons (Fsp3) is 0.533. The van der Waals surface area contributed by atoms with Crippen molar-refractivity contribution in [3.63, 3.8) is 0 Å². The van der Waals surface area contributed by atoms with Crippen LogP contribution in [0.4, 0.5) is 0 Å². The number of rotatable bonds is 5. The molecule has 0 unspecified atom stereocenters. The van der Waals surface area contributed by atoms with Gasteiger partial charge < -0.3 is 5.32 Å². The minimum atomic E-state index is -0.126. The van der Waals surface area contributed by atoms with Gasteiger partial charge in [0.05, 0.1) is 5.92 Å². The Labute approximate surface area is 104 Å². The Hall–Kier alpha value is -1.31. The third kappa shape index (κ3) is 3.88. The van der Waals surface area contributed by atoms with E-state index < -0.39 is 0 Å². The Balaban J connectivity index is 2.79. The zero-order valence-corrected chi connectivity index (χ0v) is 11.3. The van der Waals surface area contributed by atoms with Crippen LogP contribution in [0.5, 0.6) is 0 Å². The van der Waals surface area contributed by atoms with Gasteiger partial charge in [-0.1, -0.05) is 44.2 Å². The summed E-state index contributed by atoms with van der Waals surface area (Å²) in [5.41, 5.74) is 0.971. The van der Waals surface area contributed by atoms with Crippen molar-refractivity contribution in [3.8, 4) is 0 Å². The normalized spacial score (nSPS) is 13.2. The van der Waals surface area contributed by atoms with Crippen molar-refractivity contribution >= 4 is 5.91 Å². The fourth-order valence-electron chi connectivity index (χ4n) is 1.77. The average Bonchev–Trinajstić information content (AvgIpc) is 2.31. The van der Waals surface area contributed by atoms with Gasteiger partial charge in [-0.25, -0.2) is 0 Å². The second kappa shape index (κ2) is 5.85. The number of amides is 1. The summed E-state index contributed by atoms with van der Waals surface area (Å²) in [4.78, 5) is 12.2. The molecule has 1 aromatic rings. The van der Waals surface area contributed by atoms with Gasteiger partial charge in [-0.15, -0.1) is 0 Å². The van der Waals surface area contributed by atoms with E-state index in [0.717, 1.165) is 18.4 Å². The molecule has 17 heavy (non-hydrogen) atoms. The monoisotopic (exact) mass is 233 g/mol. The van der Waals surface area contributed by atoms with Gasteiger partial charge in [-0.05, 0) is 32.3 Å². The highest BCUT2D eigenvalue weighted by molar-refractivity contribution is 5.84. The first kappa shape index (κ1) is 13.8. The highest BCUT2D eigenvalue weighted by atomic mass is 16.2. The zero-order chi connectivity index (χ0) is 12.9. The third-order valence-electron chi connectivity index (χ3n) is 3.27. The lowest BCUT2D eigenvalue weighted by Gasteiger charge is -2.27. The molecule has 0 heterocycles. The predicted molar refractivity (Wildman–Crippen MR) is 72.0 cm³/mol. The maximum Gasteiger partial charge on any atom is 0.227 e. The van der Waals surface area contributed by atoms with E-state index >= 15 is 0 Å². The molecular formula is C15H23NO. The fourth-order valence-corrected chi connectivity index (χ4v) is 1.77. The van der Waals surface area contributed by atoms with Gasteiger partial charge in [0.1, 0.15) is 0 Å². The number of benzene rings is 1. The topological polar surface area (TPSA) is 29.1 Å². The van der Waals surface area contributed by atoms with Crippen LogP contribution in [-0.4, -0.2) is 11.4 Å². The lowest BCUT2D eigenvalue weighted by molar-refractivity contribution is -0.124. The number of carbonyl (C=O) groups excluding carboxylic acids is 1. The minimum absolute atomic E-state index is 0.0398. The smallest absolute Gasteiger partial charge is 0.227 e. The molecule has 1 atom stereocenters. The molecule has 1 N–H and O–H groups in total. The van der Waals surface area contributed by atoms with Gasteiger partial charge in [0.15, 0.2) is 0 Å². The van der Waals surface area contributed by atoms with Gasteiger partial charge in [0, 0.05) is 5.54 Å². The minimum Gasteiger partial charge on any atom is -0.351 e. The maximum absolute atomic E-state index is 12.2. The predicted octanol–water partition coefficient (Wildman–Crippen LogP) is 3.49. The third-order valence-corrected chi connectivity index (χ3v) is 3.27. The molecule has 0 aliphatic carbocycles. The standard InChI is InChI=1S/C15H23NO/c1-5-13(12-10-8-7-9-11-12)14(17)16-15(3,4)6-2/h7-11,13H,5-6H2,1-4H3,(H,16,17)/t13-/m0/s1. The van der Waals surface area contributed by atoms with E-state index in [1.165, 1.54) is 0 Å². The number of hydrogen-bond acceptors (Lipinski definition) is 1. The van der Waals surface area contributed by atoms with Crippen molar-refractivity contribution in [1.29, 1.82) is 0 Å². The van der Waals surface area contributed by atoms with E-state index in [1.807, 2.05) is 30.3 Å². The summed E-state index contributed by atoms with van der Waals surface area (Å²) >= 11 is 0. The van der Waals surface area contributed by atoms with Crippen LogP contribution in [0.1, 0.15) is 52.0 Å². The number of hydrogen-bond donors (Lipinski definition) is 1. The lowest BCUT2D eigenvalue weighted by Crippen LogP contribution is -2.44. The Morgan fingerprint density at radius 1 is 1.24 bits per heavy atom. The summed E-state index contributed by atoms with van der Waals surface area (Å²) in [6, 6.07) is 9.98. The van der Waals surface area contributed by atoms with E-state index in [-0.39, 0.29) is 17.4 Å². The highest BCUT2D eigenvalue weighted by Crippen LogP contribution is 2.21. The maximum atomic E-state index is 12.2. The summed E-state index contributed by atoms with van der Waals surface area (Å²) in [6.07, 6.45) is 1.76. The van der Waals surface area contributed by atoms with Gasteiger partial charge in [-0.3, -0.25) is 4.79 Å². The van der Waals surface area contributed by atoms with E-state index in [1.54, 1.807) is 0 Å². The van der Waals surface area contributed by atoms with E-state index in [0.29, 0.717) is 0 Å². The summed E-state index contributed by atoms with van der Waals surface area (Å²) in [7, 11) is 0. The number of carbonyl (C=O) groups is 1. The lowest BCUT2D eigenvalue weighted by atomic mass is 9.93. The molecule has 0 saturated carbocycles. The first-order chi connectivity index (χ1) is 8.00. The van der Waals surface area contributed by atoms with Crippen molar-refractivity contribution in [2.45, 2.75) is 52.0 Å². The summed E-state index contributed by atoms with van der Waals surface area (Å²) < 4.78 is 0. The van der Waals surface area contributed by atoms with Crippen molar-refractivity contribution in [2.75, 3.05) is 0 Å². The van der Waals surface area contributed by atoms with E-state index in [2.05, 4.69) is 33.0 Å². The van der Waals surface area contributed by atoms with Crippen molar-refractivity contribution in [3.05, 3.63) is 35.9 Å². The highest BCUT2D eigenvalue weighted by Gasteiger charge is 2.24. The molecule has 0 aliphatic rings. The van der Waals surface area contributed by atoms with E-state index in [9.17, 15) is 4.79 Å². The molecule has 0 fully saturated rings. The second-order valence-corrected chi connectivity index (χ2v) is 5.10. The van der Waals surface area contributed by atoms with Crippen LogP contribution >= 0.6 is 0 Å². The summed E-state index contributed by atoms with van der Waals surface area (Å²) in [5, 5.41) is 3.12. The van der Waals surface area contributed by atoms with Crippen LogP contribution in [0.25, 0.3) is 0 Å². The second-order valence-electron chi connectivity index (χ2n) is 5.10. The van der Waals surface area contributed by atoms with Gasteiger partial charge in [0.2, 0.25) is 5.91 Å². The molecule has 1 amide bonds. The van der Waals surface area contributed by atoms with Gasteiger partial charge in [-0.2, -0.15) is 0 Å². The average molecular weight is 233 g/mol. The van der Waals surface area contributed by atoms with E-state index in [4.69, 9.17) is 0 Å². The Kier molecular flexibility index (Phi) is 4.73. The molecular weight excluding hydrogens is 210 g/mol. The van der Waals surface area contributed by atoms with Crippen LogP contribution in [-0.2, 0) is 4.79 Å². The molecule has 2 heteroatoms. The first-order valence-corrected chi connectivity index (χ1v) is 6.37. The molecule has 0 aromatic heterocycles. The van der Waals surface area contributed by atoms with Gasteiger partial charge in [0.25, 0.3) is 0 Å². The summed E-state index contributed by atoms with van der Waals surface area (Å²) in [5.74, 6) is 0.0903. The van der Waals surface area contributed by atoms with Crippen molar-refractivity contribution in [2.24, 2.45) is 0 Å². The molecule has 94 valence electrons. The largest absolute Gasteiger partial charge is 0.351 e. The van der Waals surface area contributed by atoms with Crippen LogP contribution in [0, 0.1) is 0 Å². The quantitative estimate of drug-likeness (QED) is 0.828. The molecule has 0 spiro atoms. The molecule has 0 saturated heterocycles. The molecule has 0 radical (unpaired) electrons. The first-order valence-electron chi connectivity index (χ1n) is 6.37. The molecule has 1 aromatic carbocycles.